The number of hydrogen-bond acceptors (Lipinski definition) is 5. The van der Waals surface area contributed by atoms with E-state index in [1.807, 2.05) is 0 Å². The number of carbonyl (C=O) groups is 1. The highest BCUT2D eigenvalue weighted by Crippen LogP contribution is 2.37. The Morgan fingerprint density at radius 2 is 1.65 bits per heavy atom. The molecule has 2 aliphatic heterocycles. The highest BCUT2D eigenvalue weighted by Gasteiger charge is 2.36. The summed E-state index contributed by atoms with van der Waals surface area (Å²) in [6.45, 7) is 0.147. The lowest BCUT2D eigenvalue weighted by atomic mass is 10.1. The third-order valence-corrected chi connectivity index (χ3v) is 7.25. The predicted octanol–water partition coefficient (Wildman–Crippen LogP) is 3.23. The maximum Gasteiger partial charge on any atom is 0.417 e. The number of carbonyl (C=O) groups excluding carboxylic acids is 1. The second-order valence-electron chi connectivity index (χ2n) is 6.90. The quantitative estimate of drug-likeness (QED) is 0.680. The van der Waals surface area contributed by atoms with E-state index in [2.05, 4.69) is 0 Å². The molecule has 2 aliphatic rings. The molecule has 1 fully saturated rings. The Morgan fingerprint density at radius 3 is 2.32 bits per heavy atom. The highest BCUT2D eigenvalue weighted by molar-refractivity contribution is 7.89. The van der Waals surface area contributed by atoms with Gasteiger partial charge in [0.15, 0.2) is 11.5 Å². The van der Waals surface area contributed by atoms with Crippen molar-refractivity contribution in [3.05, 3.63) is 52.5 Å². The number of hydrogen-bond donors (Lipinski definition) is 0. The molecule has 0 aromatic heterocycles. The van der Waals surface area contributed by atoms with Crippen LogP contribution in [0.5, 0.6) is 11.5 Å². The molecule has 2 aromatic rings. The monoisotopic (exact) mass is 476 g/mol. The number of sulfonamides is 1. The number of piperazine rings is 1. The van der Waals surface area contributed by atoms with Crippen molar-refractivity contribution in [3.63, 3.8) is 0 Å². The van der Waals surface area contributed by atoms with Gasteiger partial charge in [-0.2, -0.15) is 17.5 Å². The summed E-state index contributed by atoms with van der Waals surface area (Å²) in [4.78, 5) is 13.7. The molecule has 0 aliphatic carbocycles. The van der Waals surface area contributed by atoms with E-state index in [-0.39, 0.29) is 38.9 Å². The Hall–Kier alpha value is -2.50. The molecule has 0 radical (unpaired) electrons. The minimum atomic E-state index is -4.78. The summed E-state index contributed by atoms with van der Waals surface area (Å²) in [6, 6.07) is 7.25. The van der Waals surface area contributed by atoms with E-state index in [1.54, 1.807) is 18.2 Å². The number of nitrogens with zero attached hydrogens (tertiary/aromatic N) is 2. The number of ether oxygens (including phenoxy) is 2. The van der Waals surface area contributed by atoms with Crippen molar-refractivity contribution < 1.29 is 35.9 Å². The SMILES string of the molecule is O=C(c1ccc2c(c1)OCO2)N1CCN(S(=O)(=O)c2ccc(Cl)c(C(F)(F)F)c2)CC1. The van der Waals surface area contributed by atoms with Crippen molar-refractivity contribution in [2.75, 3.05) is 33.0 Å². The number of rotatable bonds is 3. The molecule has 0 unspecified atom stereocenters. The lowest BCUT2D eigenvalue weighted by Gasteiger charge is -2.34. The van der Waals surface area contributed by atoms with E-state index in [0.29, 0.717) is 23.1 Å². The van der Waals surface area contributed by atoms with Crippen molar-refractivity contribution >= 4 is 27.5 Å². The third-order valence-electron chi connectivity index (χ3n) is 5.03. The van der Waals surface area contributed by atoms with Gasteiger partial charge >= 0.3 is 6.18 Å². The van der Waals surface area contributed by atoms with Gasteiger partial charge in [-0.05, 0) is 36.4 Å². The zero-order valence-electron chi connectivity index (χ0n) is 15.9. The molecule has 2 aromatic carbocycles. The predicted molar refractivity (Wildman–Crippen MR) is 104 cm³/mol. The molecule has 7 nitrogen and oxygen atoms in total. The molecule has 31 heavy (non-hydrogen) atoms. The zero-order chi connectivity index (χ0) is 22.4. The van der Waals surface area contributed by atoms with Gasteiger partial charge in [-0.25, -0.2) is 8.42 Å². The van der Waals surface area contributed by atoms with Gasteiger partial charge in [-0.1, -0.05) is 11.6 Å². The van der Waals surface area contributed by atoms with E-state index in [1.165, 1.54) is 4.90 Å². The van der Waals surface area contributed by atoms with Crippen LogP contribution in [-0.2, 0) is 16.2 Å². The molecule has 0 N–H and O–H groups in total. The van der Waals surface area contributed by atoms with Gasteiger partial charge in [0.1, 0.15) is 0 Å². The minimum absolute atomic E-state index is 0.0530. The van der Waals surface area contributed by atoms with Crippen LogP contribution in [0.1, 0.15) is 15.9 Å². The first kappa shape index (κ1) is 21.7. The van der Waals surface area contributed by atoms with Crippen LogP contribution in [0, 0.1) is 0 Å². The van der Waals surface area contributed by atoms with Crippen LogP contribution < -0.4 is 9.47 Å². The smallest absolute Gasteiger partial charge is 0.417 e. The molecule has 2 heterocycles. The van der Waals surface area contributed by atoms with Gasteiger partial charge in [-0.15, -0.1) is 0 Å². The molecule has 1 saturated heterocycles. The van der Waals surface area contributed by atoms with Crippen LogP contribution in [0.15, 0.2) is 41.3 Å². The Morgan fingerprint density at radius 1 is 0.968 bits per heavy atom. The first-order valence-electron chi connectivity index (χ1n) is 9.13. The molecule has 4 rings (SSSR count). The van der Waals surface area contributed by atoms with E-state index >= 15 is 0 Å². The number of amides is 1. The summed E-state index contributed by atoms with van der Waals surface area (Å²) in [5, 5.41) is -0.578. The second kappa shape index (κ2) is 7.88. The normalized spacial score (nSPS) is 17.1. The van der Waals surface area contributed by atoms with Crippen LogP contribution in [0.4, 0.5) is 13.2 Å². The Bertz CT molecular complexity index is 1130. The van der Waals surface area contributed by atoms with Gasteiger partial charge in [-0.3, -0.25) is 4.79 Å². The van der Waals surface area contributed by atoms with Crippen LogP contribution in [0.25, 0.3) is 0 Å². The van der Waals surface area contributed by atoms with Gasteiger partial charge in [0.05, 0.1) is 15.5 Å². The number of benzene rings is 2. The van der Waals surface area contributed by atoms with Crippen LogP contribution >= 0.6 is 11.6 Å². The summed E-state index contributed by atoms with van der Waals surface area (Å²) in [5.41, 5.74) is -0.847. The van der Waals surface area contributed by atoms with Crippen molar-refractivity contribution in [1.82, 2.24) is 9.21 Å². The van der Waals surface area contributed by atoms with Crippen LogP contribution in [0.3, 0.4) is 0 Å². The van der Waals surface area contributed by atoms with E-state index in [0.717, 1.165) is 16.4 Å². The summed E-state index contributed by atoms with van der Waals surface area (Å²) >= 11 is 5.57. The van der Waals surface area contributed by atoms with Gasteiger partial charge in [0.2, 0.25) is 16.8 Å². The van der Waals surface area contributed by atoms with Crippen molar-refractivity contribution in [2.45, 2.75) is 11.1 Å². The molecule has 12 heteroatoms. The Balaban J connectivity index is 1.47. The standard InChI is InChI=1S/C19H16ClF3N2O5S/c20-15-3-2-13(10-14(15)19(21,22)23)31(27,28)25-7-5-24(6-8-25)18(26)12-1-4-16-17(9-12)30-11-29-16/h1-4,9-10H,5-8,11H2. The van der Waals surface area contributed by atoms with Gasteiger partial charge < -0.3 is 14.4 Å². The average Bonchev–Trinajstić information content (AvgIpc) is 3.20. The zero-order valence-corrected chi connectivity index (χ0v) is 17.4. The average molecular weight is 477 g/mol. The van der Waals surface area contributed by atoms with Crippen molar-refractivity contribution in [3.8, 4) is 11.5 Å². The summed E-state index contributed by atoms with van der Waals surface area (Å²) in [6.07, 6.45) is -4.78. The number of halogens is 4. The van der Waals surface area contributed by atoms with Crippen molar-refractivity contribution in [1.29, 1.82) is 0 Å². The second-order valence-corrected chi connectivity index (χ2v) is 9.25. The van der Waals surface area contributed by atoms with Gasteiger partial charge in [0, 0.05) is 31.7 Å². The lowest BCUT2D eigenvalue weighted by molar-refractivity contribution is -0.137. The largest absolute Gasteiger partial charge is 0.454 e. The fourth-order valence-electron chi connectivity index (χ4n) is 3.37. The molecular formula is C19H16ClF3N2O5S. The summed E-state index contributed by atoms with van der Waals surface area (Å²) in [5.74, 6) is 0.685. The first-order valence-corrected chi connectivity index (χ1v) is 10.9. The maximum absolute atomic E-state index is 13.1. The Kier molecular flexibility index (Phi) is 5.52. The fourth-order valence-corrected chi connectivity index (χ4v) is 5.05. The summed E-state index contributed by atoms with van der Waals surface area (Å²) in [7, 11) is -4.18. The van der Waals surface area contributed by atoms with Crippen LogP contribution in [0.2, 0.25) is 5.02 Å². The highest BCUT2D eigenvalue weighted by atomic mass is 35.5. The van der Waals surface area contributed by atoms with Crippen molar-refractivity contribution in [2.24, 2.45) is 0 Å². The van der Waals surface area contributed by atoms with E-state index in [9.17, 15) is 26.4 Å². The third kappa shape index (κ3) is 4.17. The molecular weight excluding hydrogens is 461 g/mol. The molecule has 0 bridgehead atoms. The molecule has 0 spiro atoms. The first-order chi connectivity index (χ1) is 14.6. The molecule has 0 atom stereocenters. The number of alkyl halides is 3. The van der Waals surface area contributed by atoms with E-state index in [4.69, 9.17) is 21.1 Å². The van der Waals surface area contributed by atoms with E-state index < -0.39 is 31.7 Å². The lowest BCUT2D eigenvalue weighted by Crippen LogP contribution is -2.50. The minimum Gasteiger partial charge on any atom is -0.454 e. The maximum atomic E-state index is 13.1. The molecule has 0 saturated carbocycles. The van der Waals surface area contributed by atoms with Crippen LogP contribution in [-0.4, -0.2) is 56.5 Å². The summed E-state index contributed by atoms with van der Waals surface area (Å²) < 4.78 is 76.5. The fraction of sp³-hybridized carbons (Fsp3) is 0.316. The van der Waals surface area contributed by atoms with Gasteiger partial charge in [0.25, 0.3) is 5.91 Å². The Labute approximate surface area is 181 Å². The topological polar surface area (TPSA) is 76.2 Å². The molecule has 1 amide bonds. The molecule has 166 valence electrons. The number of fused-ring (bicyclic) bond motifs is 1.